The van der Waals surface area contributed by atoms with Crippen LogP contribution in [0.2, 0.25) is 0 Å². The van der Waals surface area contributed by atoms with Gasteiger partial charge in [0.2, 0.25) is 0 Å². The molecule has 0 saturated heterocycles. The summed E-state index contributed by atoms with van der Waals surface area (Å²) >= 11 is 0. The maximum atomic E-state index is 6.76. The smallest absolute Gasteiger partial charge is 0.144 e. The Balaban J connectivity index is 1.50. The third-order valence-corrected chi connectivity index (χ3v) is 8.78. The first-order chi connectivity index (χ1) is 20.1. The summed E-state index contributed by atoms with van der Waals surface area (Å²) in [6, 6.07) is 33.4. The number of hydrogen-bond acceptors (Lipinski definition) is 4. The lowest BCUT2D eigenvalue weighted by atomic mass is 9.80. The molecule has 4 heterocycles. The van der Waals surface area contributed by atoms with Crippen molar-refractivity contribution in [1.82, 2.24) is 9.97 Å². The molecule has 194 valence electrons. The molecule has 4 nitrogen and oxygen atoms in total. The zero-order valence-electron chi connectivity index (χ0n) is 22.6. The van der Waals surface area contributed by atoms with Gasteiger partial charge in [-0.15, -0.1) is 0 Å². The second-order valence-electron chi connectivity index (χ2n) is 11.4. The number of hydrogen-bond donors (Lipinski definition) is 0. The van der Waals surface area contributed by atoms with Crippen LogP contribution in [0.3, 0.4) is 0 Å². The van der Waals surface area contributed by atoms with Gasteiger partial charge in [-0.05, 0) is 59.7 Å². The molecule has 0 spiro atoms. The fraction of sp³-hybridized carbons (Fsp3) is 0.0811. The van der Waals surface area contributed by atoms with E-state index in [-0.39, 0.29) is 5.41 Å². The highest BCUT2D eigenvalue weighted by Crippen LogP contribution is 2.58. The quantitative estimate of drug-likeness (QED) is 0.224. The van der Waals surface area contributed by atoms with Crippen molar-refractivity contribution >= 4 is 43.9 Å². The van der Waals surface area contributed by atoms with E-state index in [2.05, 4.69) is 62.4 Å². The minimum atomic E-state index is -0.321. The highest BCUT2D eigenvalue weighted by atomic mass is 16.3. The monoisotopic (exact) mass is 528 g/mol. The maximum absolute atomic E-state index is 6.76. The average Bonchev–Trinajstić information content (AvgIpc) is 3.66. The molecular formula is C37H24N2O2. The van der Waals surface area contributed by atoms with E-state index in [1.165, 1.54) is 11.1 Å². The zero-order valence-corrected chi connectivity index (χ0v) is 22.6. The van der Waals surface area contributed by atoms with Gasteiger partial charge in [-0.2, -0.15) is 0 Å². The Hall–Kier alpha value is -5.22. The minimum absolute atomic E-state index is 0.321. The molecule has 0 unspecified atom stereocenters. The van der Waals surface area contributed by atoms with Gasteiger partial charge in [0.15, 0.2) is 0 Å². The maximum Gasteiger partial charge on any atom is 0.144 e. The first kappa shape index (κ1) is 22.6. The van der Waals surface area contributed by atoms with Crippen LogP contribution in [0.5, 0.6) is 0 Å². The van der Waals surface area contributed by atoms with Gasteiger partial charge in [0.1, 0.15) is 22.3 Å². The third-order valence-electron chi connectivity index (χ3n) is 8.78. The van der Waals surface area contributed by atoms with Crippen molar-refractivity contribution in [1.29, 1.82) is 0 Å². The summed E-state index contributed by atoms with van der Waals surface area (Å²) in [6.07, 6.45) is 3.71. The lowest BCUT2D eigenvalue weighted by Gasteiger charge is -2.23. The number of fused-ring (bicyclic) bond motifs is 11. The number of rotatable bonds is 2. The third kappa shape index (κ3) is 2.94. The van der Waals surface area contributed by atoms with Gasteiger partial charge < -0.3 is 8.83 Å². The molecular weight excluding hydrogens is 504 g/mol. The summed E-state index contributed by atoms with van der Waals surface area (Å²) in [4.78, 5) is 9.54. The van der Waals surface area contributed by atoms with Crippen LogP contribution in [0.4, 0.5) is 0 Å². The number of benzene rings is 4. The summed E-state index contributed by atoms with van der Waals surface area (Å²) in [5, 5.41) is 4.34. The van der Waals surface area contributed by atoms with E-state index in [0.717, 1.165) is 77.5 Å². The van der Waals surface area contributed by atoms with Crippen molar-refractivity contribution in [2.45, 2.75) is 19.3 Å². The van der Waals surface area contributed by atoms with Crippen molar-refractivity contribution in [3.8, 4) is 33.6 Å². The first-order valence-electron chi connectivity index (χ1n) is 13.9. The Morgan fingerprint density at radius 1 is 0.537 bits per heavy atom. The number of aromatic nitrogens is 2. The van der Waals surface area contributed by atoms with Crippen molar-refractivity contribution in [3.05, 3.63) is 121 Å². The van der Waals surface area contributed by atoms with E-state index in [9.17, 15) is 0 Å². The molecule has 4 aromatic carbocycles. The Morgan fingerprint density at radius 3 is 1.41 bits per heavy atom. The lowest BCUT2D eigenvalue weighted by molar-refractivity contribution is 0.651. The number of nitrogens with zero attached hydrogens (tertiary/aromatic N) is 2. The summed E-state index contributed by atoms with van der Waals surface area (Å²) in [5.74, 6) is 0. The van der Waals surface area contributed by atoms with Crippen LogP contribution in [0.25, 0.3) is 77.5 Å². The SMILES string of the molecule is CC1(C)c2cc(-c3ccccn3)c3c(oc4ccccc43)c2-c2c1cc(-c1ccccn1)c1c2oc2ccccc21. The highest BCUT2D eigenvalue weighted by Gasteiger charge is 2.42. The van der Waals surface area contributed by atoms with Crippen LogP contribution >= 0.6 is 0 Å². The van der Waals surface area contributed by atoms with E-state index >= 15 is 0 Å². The van der Waals surface area contributed by atoms with Gasteiger partial charge in [-0.1, -0.05) is 62.4 Å². The van der Waals surface area contributed by atoms with Gasteiger partial charge >= 0.3 is 0 Å². The fourth-order valence-electron chi connectivity index (χ4n) is 6.88. The molecule has 0 aliphatic heterocycles. The van der Waals surface area contributed by atoms with E-state index in [1.807, 2.05) is 60.9 Å². The van der Waals surface area contributed by atoms with Crippen molar-refractivity contribution in [3.63, 3.8) is 0 Å². The number of pyridine rings is 2. The molecule has 0 amide bonds. The normalized spacial score (nSPS) is 13.8. The van der Waals surface area contributed by atoms with Crippen LogP contribution in [0.15, 0.2) is 118 Å². The van der Waals surface area contributed by atoms with Crippen LogP contribution in [-0.2, 0) is 5.41 Å². The van der Waals surface area contributed by atoms with Crippen LogP contribution < -0.4 is 0 Å². The molecule has 1 aliphatic carbocycles. The lowest BCUT2D eigenvalue weighted by Crippen LogP contribution is -2.15. The number of para-hydroxylation sites is 2. The predicted octanol–water partition coefficient (Wildman–Crippen LogP) is 9.92. The van der Waals surface area contributed by atoms with Crippen LogP contribution in [0, 0.1) is 0 Å². The molecule has 0 fully saturated rings. The standard InChI is InChI=1S/C37H24N2O2/c1-37(2)25-19-23(27-13-7-9-17-38-27)31-21-11-3-5-15-29(21)40-35(31)33(25)34-26(37)20-24(28-14-8-10-18-39-28)32-22-12-4-6-16-30(22)41-36(32)34/h3-20H,1-2H3. The van der Waals surface area contributed by atoms with Gasteiger partial charge in [0.25, 0.3) is 0 Å². The largest absolute Gasteiger partial charge is 0.455 e. The van der Waals surface area contributed by atoms with E-state index in [4.69, 9.17) is 18.8 Å². The predicted molar refractivity (Wildman–Crippen MR) is 165 cm³/mol. The van der Waals surface area contributed by atoms with Gasteiger partial charge in [-0.25, -0.2) is 0 Å². The molecule has 8 aromatic rings. The van der Waals surface area contributed by atoms with Crippen molar-refractivity contribution in [2.24, 2.45) is 0 Å². The summed E-state index contributed by atoms with van der Waals surface area (Å²) < 4.78 is 13.5. The second-order valence-corrected chi connectivity index (χ2v) is 11.4. The topological polar surface area (TPSA) is 52.1 Å². The molecule has 0 bridgehead atoms. The molecule has 41 heavy (non-hydrogen) atoms. The molecule has 4 heteroatoms. The van der Waals surface area contributed by atoms with E-state index < -0.39 is 0 Å². The second kappa shape index (κ2) is 7.92. The summed E-state index contributed by atoms with van der Waals surface area (Å²) in [5.41, 5.74) is 11.8. The Morgan fingerprint density at radius 2 is 0.976 bits per heavy atom. The minimum Gasteiger partial charge on any atom is -0.455 e. The van der Waals surface area contributed by atoms with Gasteiger partial charge in [0.05, 0.1) is 11.4 Å². The molecule has 0 radical (unpaired) electrons. The van der Waals surface area contributed by atoms with E-state index in [0.29, 0.717) is 0 Å². The average molecular weight is 529 g/mol. The number of furan rings is 2. The zero-order chi connectivity index (χ0) is 27.3. The molecule has 0 atom stereocenters. The highest BCUT2D eigenvalue weighted by molar-refractivity contribution is 6.23. The Kier molecular flexibility index (Phi) is 4.36. The first-order valence-corrected chi connectivity index (χ1v) is 13.9. The molecule has 0 saturated carbocycles. The van der Waals surface area contributed by atoms with Crippen LogP contribution in [0.1, 0.15) is 25.0 Å². The Labute approximate surface area is 235 Å². The van der Waals surface area contributed by atoms with Crippen molar-refractivity contribution in [2.75, 3.05) is 0 Å². The van der Waals surface area contributed by atoms with Gasteiger partial charge in [0, 0.05) is 61.6 Å². The molecule has 4 aromatic heterocycles. The molecule has 1 aliphatic rings. The summed E-state index contributed by atoms with van der Waals surface area (Å²) in [6.45, 7) is 4.59. The van der Waals surface area contributed by atoms with Gasteiger partial charge in [-0.3, -0.25) is 9.97 Å². The molecule has 0 N–H and O–H groups in total. The summed E-state index contributed by atoms with van der Waals surface area (Å²) in [7, 11) is 0. The Bertz CT molecular complexity index is 2160. The van der Waals surface area contributed by atoms with Crippen molar-refractivity contribution < 1.29 is 8.83 Å². The van der Waals surface area contributed by atoms with Crippen LogP contribution in [-0.4, -0.2) is 9.97 Å². The fourth-order valence-corrected chi connectivity index (χ4v) is 6.88. The molecule has 9 rings (SSSR count). The van der Waals surface area contributed by atoms with E-state index in [1.54, 1.807) is 0 Å².